The average Bonchev–Trinajstić information content (AvgIpc) is 3.01. The normalized spacial score (nSPS) is 17.4. The van der Waals surface area contributed by atoms with Gasteiger partial charge >= 0.3 is 0 Å². The Kier molecular flexibility index (Phi) is 4.28. The third-order valence-electron chi connectivity index (χ3n) is 3.20. The molecule has 0 heterocycles. The second kappa shape index (κ2) is 5.52. The van der Waals surface area contributed by atoms with Gasteiger partial charge < -0.3 is 5.32 Å². The lowest BCUT2D eigenvalue weighted by Crippen LogP contribution is -2.16. The highest BCUT2D eigenvalue weighted by Gasteiger charge is 2.22. The molecule has 1 atom stereocenters. The van der Waals surface area contributed by atoms with Crippen LogP contribution in [-0.4, -0.2) is 7.05 Å². The van der Waals surface area contributed by atoms with Crippen LogP contribution in [0.1, 0.15) is 37.3 Å². The van der Waals surface area contributed by atoms with Crippen LogP contribution in [0.25, 0.3) is 0 Å². The summed E-state index contributed by atoms with van der Waals surface area (Å²) in [6.45, 7) is 0. The van der Waals surface area contributed by atoms with Gasteiger partial charge in [-0.25, -0.2) is 0 Å². The molecule has 0 saturated heterocycles. The third kappa shape index (κ3) is 3.47. The van der Waals surface area contributed by atoms with Crippen LogP contribution in [0.3, 0.4) is 0 Å². The van der Waals surface area contributed by atoms with Gasteiger partial charge in [0.1, 0.15) is 0 Å². The predicted molar refractivity (Wildman–Crippen MR) is 72.9 cm³/mol. The van der Waals surface area contributed by atoms with Gasteiger partial charge in [0.15, 0.2) is 0 Å². The molecule has 0 spiro atoms. The molecule has 1 saturated carbocycles. The molecular weight excluding hydrogens is 286 g/mol. The lowest BCUT2D eigenvalue weighted by molar-refractivity contribution is 0.506. The van der Waals surface area contributed by atoms with E-state index in [1.165, 1.54) is 31.2 Å². The zero-order valence-electron chi connectivity index (χ0n) is 9.47. The molecule has 1 aliphatic carbocycles. The molecule has 1 N–H and O–H groups in total. The van der Waals surface area contributed by atoms with E-state index in [9.17, 15) is 0 Å². The lowest BCUT2D eigenvalue weighted by Gasteiger charge is -2.17. The highest BCUT2D eigenvalue weighted by molar-refractivity contribution is 9.10. The molecular formula is C13H17BrClN. The largest absolute Gasteiger partial charge is 0.313 e. The fourth-order valence-electron chi connectivity index (χ4n) is 2.06. The Labute approximate surface area is 111 Å². The van der Waals surface area contributed by atoms with Crippen molar-refractivity contribution in [2.24, 2.45) is 5.92 Å². The van der Waals surface area contributed by atoms with Gasteiger partial charge in [-0.05, 0) is 49.6 Å². The molecule has 2 rings (SSSR count). The number of nitrogens with one attached hydrogen (secondary N) is 1. The van der Waals surface area contributed by atoms with Gasteiger partial charge in [-0.1, -0.05) is 40.4 Å². The zero-order valence-corrected chi connectivity index (χ0v) is 11.8. The van der Waals surface area contributed by atoms with E-state index < -0.39 is 0 Å². The Morgan fingerprint density at radius 1 is 1.44 bits per heavy atom. The summed E-state index contributed by atoms with van der Waals surface area (Å²) in [6, 6.07) is 6.56. The molecule has 3 heteroatoms. The van der Waals surface area contributed by atoms with E-state index in [0.717, 1.165) is 15.4 Å². The van der Waals surface area contributed by atoms with Crippen molar-refractivity contribution in [3.8, 4) is 0 Å². The van der Waals surface area contributed by atoms with Crippen LogP contribution in [0.4, 0.5) is 0 Å². The van der Waals surface area contributed by atoms with Gasteiger partial charge in [0.25, 0.3) is 0 Å². The SMILES string of the molecule is CNC(CCC1CC1)c1cc(Cl)cc(Br)c1. The van der Waals surface area contributed by atoms with Crippen molar-refractivity contribution in [1.29, 1.82) is 0 Å². The molecule has 1 nitrogen and oxygen atoms in total. The van der Waals surface area contributed by atoms with Crippen LogP contribution in [0.2, 0.25) is 5.02 Å². The number of benzene rings is 1. The van der Waals surface area contributed by atoms with E-state index in [2.05, 4.69) is 33.4 Å². The predicted octanol–water partition coefficient (Wildman–Crippen LogP) is 4.55. The first-order chi connectivity index (χ1) is 7.69. The summed E-state index contributed by atoms with van der Waals surface area (Å²) in [4.78, 5) is 0. The second-order valence-corrected chi connectivity index (χ2v) is 5.92. The minimum absolute atomic E-state index is 0.426. The van der Waals surface area contributed by atoms with Gasteiger partial charge in [-0.3, -0.25) is 0 Å². The van der Waals surface area contributed by atoms with Crippen LogP contribution < -0.4 is 5.32 Å². The second-order valence-electron chi connectivity index (χ2n) is 4.56. The Hall–Kier alpha value is -0.0500. The van der Waals surface area contributed by atoms with Crippen molar-refractivity contribution >= 4 is 27.5 Å². The van der Waals surface area contributed by atoms with Crippen molar-refractivity contribution in [1.82, 2.24) is 5.32 Å². The zero-order chi connectivity index (χ0) is 11.5. The molecule has 88 valence electrons. The fourth-order valence-corrected chi connectivity index (χ4v) is 2.95. The maximum Gasteiger partial charge on any atom is 0.0420 e. The topological polar surface area (TPSA) is 12.0 Å². The van der Waals surface area contributed by atoms with Gasteiger partial charge in [0.2, 0.25) is 0 Å². The number of rotatable bonds is 5. The maximum absolute atomic E-state index is 6.07. The molecule has 1 aromatic rings. The van der Waals surface area contributed by atoms with Crippen LogP contribution in [-0.2, 0) is 0 Å². The number of hydrogen-bond donors (Lipinski definition) is 1. The first-order valence-electron chi connectivity index (χ1n) is 5.82. The van der Waals surface area contributed by atoms with E-state index in [0.29, 0.717) is 6.04 Å². The molecule has 1 aliphatic rings. The first kappa shape index (κ1) is 12.4. The van der Waals surface area contributed by atoms with Crippen molar-refractivity contribution in [3.05, 3.63) is 33.3 Å². The van der Waals surface area contributed by atoms with Gasteiger partial charge in [0, 0.05) is 15.5 Å². The quantitative estimate of drug-likeness (QED) is 0.841. The van der Waals surface area contributed by atoms with Crippen LogP contribution in [0.15, 0.2) is 22.7 Å². The molecule has 16 heavy (non-hydrogen) atoms. The van der Waals surface area contributed by atoms with Gasteiger partial charge in [-0.2, -0.15) is 0 Å². The maximum atomic E-state index is 6.07. The molecule has 0 amide bonds. The van der Waals surface area contributed by atoms with Crippen molar-refractivity contribution in [3.63, 3.8) is 0 Å². The molecule has 1 aromatic carbocycles. The highest BCUT2D eigenvalue weighted by atomic mass is 79.9. The minimum atomic E-state index is 0.426. The summed E-state index contributed by atoms with van der Waals surface area (Å²) < 4.78 is 1.06. The Morgan fingerprint density at radius 2 is 2.19 bits per heavy atom. The number of hydrogen-bond acceptors (Lipinski definition) is 1. The van der Waals surface area contributed by atoms with Crippen molar-refractivity contribution in [2.45, 2.75) is 31.7 Å². The molecule has 0 bridgehead atoms. The van der Waals surface area contributed by atoms with E-state index >= 15 is 0 Å². The van der Waals surface area contributed by atoms with E-state index in [1.54, 1.807) is 0 Å². The minimum Gasteiger partial charge on any atom is -0.313 e. The van der Waals surface area contributed by atoms with Crippen molar-refractivity contribution < 1.29 is 0 Å². The average molecular weight is 303 g/mol. The smallest absolute Gasteiger partial charge is 0.0420 e. The molecule has 0 aromatic heterocycles. The standard InChI is InChI=1S/C13H17BrClN/c1-16-13(5-4-9-2-3-9)10-6-11(14)8-12(15)7-10/h6-9,13,16H,2-5H2,1H3. The lowest BCUT2D eigenvalue weighted by atomic mass is 10.0. The highest BCUT2D eigenvalue weighted by Crippen LogP contribution is 2.36. The molecule has 1 unspecified atom stereocenters. The third-order valence-corrected chi connectivity index (χ3v) is 3.87. The Balaban J connectivity index is 2.04. The Bertz CT molecular complexity index is 343. The van der Waals surface area contributed by atoms with Gasteiger partial charge in [-0.15, -0.1) is 0 Å². The van der Waals surface area contributed by atoms with Crippen LogP contribution >= 0.6 is 27.5 Å². The van der Waals surface area contributed by atoms with Crippen molar-refractivity contribution in [2.75, 3.05) is 7.05 Å². The molecule has 1 fully saturated rings. The monoisotopic (exact) mass is 301 g/mol. The summed E-state index contributed by atoms with van der Waals surface area (Å²) in [5.41, 5.74) is 1.28. The van der Waals surface area contributed by atoms with E-state index in [1.807, 2.05) is 13.1 Å². The van der Waals surface area contributed by atoms with Gasteiger partial charge in [0.05, 0.1) is 0 Å². The summed E-state index contributed by atoms with van der Waals surface area (Å²) in [5.74, 6) is 0.985. The summed E-state index contributed by atoms with van der Waals surface area (Å²) >= 11 is 9.56. The summed E-state index contributed by atoms with van der Waals surface area (Å²) in [7, 11) is 2.02. The Morgan fingerprint density at radius 3 is 2.75 bits per heavy atom. The van der Waals surface area contributed by atoms with E-state index in [-0.39, 0.29) is 0 Å². The number of halogens is 2. The summed E-state index contributed by atoms with van der Waals surface area (Å²) in [5, 5.41) is 4.18. The molecule has 0 aliphatic heterocycles. The summed E-state index contributed by atoms with van der Waals surface area (Å²) in [6.07, 6.45) is 5.38. The fraction of sp³-hybridized carbons (Fsp3) is 0.538. The van der Waals surface area contributed by atoms with Crippen LogP contribution in [0, 0.1) is 5.92 Å². The van der Waals surface area contributed by atoms with Crippen LogP contribution in [0.5, 0.6) is 0 Å². The van der Waals surface area contributed by atoms with E-state index in [4.69, 9.17) is 11.6 Å². The first-order valence-corrected chi connectivity index (χ1v) is 6.99. The molecule has 0 radical (unpaired) electrons.